The van der Waals surface area contributed by atoms with Gasteiger partial charge in [0.2, 0.25) is 0 Å². The maximum absolute atomic E-state index is 13.1. The van der Waals surface area contributed by atoms with Crippen molar-refractivity contribution in [3.05, 3.63) is 82.3 Å². The van der Waals surface area contributed by atoms with Gasteiger partial charge in [-0.1, -0.05) is 29.3 Å². The number of anilines is 2. The first-order valence-electron chi connectivity index (χ1n) is 9.30. The maximum atomic E-state index is 13.1. The number of sulfonamides is 1. The minimum atomic E-state index is -3.73. The van der Waals surface area contributed by atoms with Crippen molar-refractivity contribution in [3.8, 4) is 0 Å². The van der Waals surface area contributed by atoms with Gasteiger partial charge in [0.25, 0.3) is 15.9 Å². The summed E-state index contributed by atoms with van der Waals surface area (Å²) in [6.07, 6.45) is 1.93. The molecule has 0 spiro atoms. The Bertz CT molecular complexity index is 1160. The van der Waals surface area contributed by atoms with Crippen LogP contribution in [0.2, 0.25) is 10.0 Å². The van der Waals surface area contributed by atoms with E-state index >= 15 is 0 Å². The van der Waals surface area contributed by atoms with Crippen LogP contribution in [0.25, 0.3) is 0 Å². The number of amides is 1. The zero-order valence-electron chi connectivity index (χ0n) is 16.8. The molecule has 3 aromatic rings. The fourth-order valence-corrected chi connectivity index (χ4v) is 5.32. The molecule has 9 heteroatoms. The molecular weight excluding hydrogens is 475 g/mol. The molecule has 3 rings (SSSR count). The summed E-state index contributed by atoms with van der Waals surface area (Å²) in [4.78, 5) is 13.8. The largest absolute Gasteiger partial charge is 0.319 e. The minimum absolute atomic E-state index is 0.210. The van der Waals surface area contributed by atoms with E-state index in [4.69, 9.17) is 23.2 Å². The third-order valence-corrected chi connectivity index (χ3v) is 7.84. The molecule has 0 fully saturated rings. The molecule has 0 bridgehead atoms. The molecular formula is C22H20Cl2N2O3S2. The molecule has 0 unspecified atom stereocenters. The molecule has 1 N–H and O–H groups in total. The fraction of sp³-hybridized carbons (Fsp3) is 0.136. The molecule has 0 aliphatic heterocycles. The van der Waals surface area contributed by atoms with Crippen LogP contribution < -0.4 is 9.62 Å². The summed E-state index contributed by atoms with van der Waals surface area (Å²) in [6.45, 7) is 2.00. The van der Waals surface area contributed by atoms with Crippen LogP contribution in [0.3, 0.4) is 0 Å². The summed E-state index contributed by atoms with van der Waals surface area (Å²) in [5.41, 5.74) is 1.13. The van der Waals surface area contributed by atoms with Crippen molar-refractivity contribution in [1.82, 2.24) is 0 Å². The topological polar surface area (TPSA) is 66.5 Å². The van der Waals surface area contributed by atoms with E-state index in [-0.39, 0.29) is 11.4 Å². The minimum Gasteiger partial charge on any atom is -0.319 e. The lowest BCUT2D eigenvalue weighted by molar-refractivity contribution is 0.102. The van der Waals surface area contributed by atoms with Gasteiger partial charge in [0.05, 0.1) is 26.3 Å². The number of benzene rings is 3. The van der Waals surface area contributed by atoms with Crippen LogP contribution in [0.15, 0.2) is 76.5 Å². The summed E-state index contributed by atoms with van der Waals surface area (Å²) in [5, 5.41) is 3.34. The number of nitrogens with zero attached hydrogens (tertiary/aromatic N) is 1. The second kappa shape index (κ2) is 9.96. The number of halogens is 2. The Morgan fingerprint density at radius 3 is 2.06 bits per heavy atom. The number of hydrogen-bond acceptors (Lipinski definition) is 4. The van der Waals surface area contributed by atoms with Crippen LogP contribution in [0.5, 0.6) is 0 Å². The van der Waals surface area contributed by atoms with Gasteiger partial charge in [0.15, 0.2) is 0 Å². The molecule has 31 heavy (non-hydrogen) atoms. The Morgan fingerprint density at radius 2 is 1.55 bits per heavy atom. The molecule has 0 saturated heterocycles. The van der Waals surface area contributed by atoms with Gasteiger partial charge in [-0.05, 0) is 73.8 Å². The van der Waals surface area contributed by atoms with Crippen molar-refractivity contribution in [2.75, 3.05) is 22.4 Å². The highest BCUT2D eigenvalue weighted by molar-refractivity contribution is 7.98. The fourth-order valence-electron chi connectivity index (χ4n) is 2.95. The van der Waals surface area contributed by atoms with Crippen LogP contribution in [0.1, 0.15) is 17.3 Å². The summed E-state index contributed by atoms with van der Waals surface area (Å²) < 4.78 is 27.5. The maximum Gasteiger partial charge on any atom is 0.264 e. The predicted molar refractivity (Wildman–Crippen MR) is 129 cm³/mol. The molecule has 3 aromatic carbocycles. The van der Waals surface area contributed by atoms with E-state index in [1.54, 1.807) is 85.4 Å². The van der Waals surface area contributed by atoms with Crippen LogP contribution in [-0.4, -0.2) is 27.1 Å². The van der Waals surface area contributed by atoms with Gasteiger partial charge in [-0.15, -0.1) is 11.8 Å². The number of thioether (sulfide) groups is 1. The average Bonchev–Trinajstić information content (AvgIpc) is 2.77. The highest BCUT2D eigenvalue weighted by atomic mass is 35.5. The molecule has 0 radical (unpaired) electrons. The third-order valence-electron chi connectivity index (χ3n) is 4.55. The average molecular weight is 495 g/mol. The lowest BCUT2D eigenvalue weighted by atomic mass is 10.2. The van der Waals surface area contributed by atoms with E-state index in [0.717, 1.165) is 4.90 Å². The van der Waals surface area contributed by atoms with Crippen LogP contribution in [0.4, 0.5) is 11.4 Å². The van der Waals surface area contributed by atoms with Crippen molar-refractivity contribution in [1.29, 1.82) is 0 Å². The molecule has 0 atom stereocenters. The van der Waals surface area contributed by atoms with E-state index in [1.807, 2.05) is 6.26 Å². The smallest absolute Gasteiger partial charge is 0.264 e. The Morgan fingerprint density at radius 1 is 0.968 bits per heavy atom. The third kappa shape index (κ3) is 5.18. The first-order valence-corrected chi connectivity index (χ1v) is 12.7. The summed E-state index contributed by atoms with van der Waals surface area (Å²) in [5.74, 6) is -0.403. The van der Waals surface area contributed by atoms with Crippen LogP contribution >= 0.6 is 35.0 Å². The summed E-state index contributed by atoms with van der Waals surface area (Å²) in [6, 6.07) is 18.0. The zero-order chi connectivity index (χ0) is 22.6. The number of rotatable bonds is 7. The molecule has 0 aromatic heterocycles. The highest BCUT2D eigenvalue weighted by Crippen LogP contribution is 2.31. The zero-order valence-corrected chi connectivity index (χ0v) is 19.9. The molecule has 5 nitrogen and oxygen atoms in total. The van der Waals surface area contributed by atoms with Gasteiger partial charge in [-0.2, -0.15) is 0 Å². The first-order chi connectivity index (χ1) is 14.8. The number of carbonyl (C=O) groups is 1. The quantitative estimate of drug-likeness (QED) is 0.398. The summed E-state index contributed by atoms with van der Waals surface area (Å²) >= 11 is 13.7. The van der Waals surface area contributed by atoms with Crippen molar-refractivity contribution < 1.29 is 13.2 Å². The van der Waals surface area contributed by atoms with Crippen molar-refractivity contribution >= 4 is 62.3 Å². The molecule has 0 saturated carbocycles. The molecule has 0 heterocycles. The van der Waals surface area contributed by atoms with E-state index in [9.17, 15) is 13.2 Å². The Hall–Kier alpha value is -2.19. The Kier molecular flexibility index (Phi) is 7.54. The van der Waals surface area contributed by atoms with Gasteiger partial charge in [-0.25, -0.2) is 8.42 Å². The molecule has 0 aliphatic carbocycles. The van der Waals surface area contributed by atoms with Gasteiger partial charge in [-0.3, -0.25) is 9.10 Å². The Labute approximate surface area is 196 Å². The standard InChI is InChI=1S/C22H20Cl2N2O3S2/c1-3-26(31(28,29)18-13-11-17(30-2)12-14-18)16-9-7-15(8-10-16)22(27)25-21-19(23)5-4-6-20(21)24/h4-14H,3H2,1-2H3,(H,25,27). The predicted octanol–water partition coefficient (Wildman–Crippen LogP) is 6.18. The van der Waals surface area contributed by atoms with E-state index in [2.05, 4.69) is 5.32 Å². The normalized spacial score (nSPS) is 11.2. The number of nitrogens with one attached hydrogen (secondary N) is 1. The Balaban J connectivity index is 1.83. The van der Waals surface area contributed by atoms with E-state index < -0.39 is 15.9 Å². The van der Waals surface area contributed by atoms with E-state index in [1.165, 1.54) is 4.31 Å². The van der Waals surface area contributed by atoms with Gasteiger partial charge < -0.3 is 5.32 Å². The second-order valence-corrected chi connectivity index (χ2v) is 10.00. The van der Waals surface area contributed by atoms with E-state index in [0.29, 0.717) is 27.0 Å². The van der Waals surface area contributed by atoms with Crippen LogP contribution in [-0.2, 0) is 10.0 Å². The van der Waals surface area contributed by atoms with Gasteiger partial charge in [0, 0.05) is 17.0 Å². The number of para-hydroxylation sites is 1. The number of hydrogen-bond donors (Lipinski definition) is 1. The summed E-state index contributed by atoms with van der Waals surface area (Å²) in [7, 11) is -3.73. The van der Waals surface area contributed by atoms with Gasteiger partial charge >= 0.3 is 0 Å². The van der Waals surface area contributed by atoms with Crippen molar-refractivity contribution in [3.63, 3.8) is 0 Å². The first kappa shape index (κ1) is 23.5. The SMILES string of the molecule is CCN(c1ccc(C(=O)Nc2c(Cl)cccc2Cl)cc1)S(=O)(=O)c1ccc(SC)cc1. The molecule has 1 amide bonds. The molecule has 162 valence electrons. The number of carbonyl (C=O) groups excluding carboxylic acids is 1. The molecule has 0 aliphatic rings. The highest BCUT2D eigenvalue weighted by Gasteiger charge is 2.24. The lowest BCUT2D eigenvalue weighted by Crippen LogP contribution is -2.30. The monoisotopic (exact) mass is 494 g/mol. The van der Waals surface area contributed by atoms with Crippen LogP contribution in [0, 0.1) is 0 Å². The lowest BCUT2D eigenvalue weighted by Gasteiger charge is -2.23. The van der Waals surface area contributed by atoms with Crippen molar-refractivity contribution in [2.24, 2.45) is 0 Å². The second-order valence-electron chi connectivity index (χ2n) is 6.44. The van der Waals surface area contributed by atoms with Gasteiger partial charge in [0.1, 0.15) is 0 Å². The van der Waals surface area contributed by atoms with Crippen molar-refractivity contribution in [2.45, 2.75) is 16.7 Å².